The SMILES string of the molecule is CCNC(=O)C1COCCN1c1ccc(N)cc1C(=O)O. The molecule has 0 radical (unpaired) electrons. The number of carbonyl (C=O) groups is 2. The third kappa shape index (κ3) is 3.25. The molecule has 4 N–H and O–H groups in total. The number of nitrogens with two attached hydrogens (primary N) is 1. The van der Waals surface area contributed by atoms with Gasteiger partial charge in [-0.3, -0.25) is 4.79 Å². The maximum atomic E-state index is 12.1. The Morgan fingerprint density at radius 1 is 1.52 bits per heavy atom. The van der Waals surface area contributed by atoms with Crippen molar-refractivity contribution in [3.8, 4) is 0 Å². The molecule has 0 spiro atoms. The number of carbonyl (C=O) groups excluding carboxylic acids is 1. The molecule has 1 saturated heterocycles. The first-order valence-corrected chi connectivity index (χ1v) is 6.79. The molecule has 1 aliphatic rings. The molecule has 21 heavy (non-hydrogen) atoms. The Bertz CT molecular complexity index is 547. The van der Waals surface area contributed by atoms with Gasteiger partial charge in [-0.1, -0.05) is 0 Å². The Balaban J connectivity index is 2.37. The maximum Gasteiger partial charge on any atom is 0.337 e. The second-order valence-corrected chi connectivity index (χ2v) is 4.76. The van der Waals surface area contributed by atoms with Crippen LogP contribution in [0.25, 0.3) is 0 Å². The third-order valence-corrected chi connectivity index (χ3v) is 3.34. The van der Waals surface area contributed by atoms with Crippen molar-refractivity contribution in [2.75, 3.05) is 36.9 Å². The molecule has 1 heterocycles. The largest absolute Gasteiger partial charge is 0.478 e. The van der Waals surface area contributed by atoms with Gasteiger partial charge in [-0.25, -0.2) is 4.79 Å². The Hall–Kier alpha value is -2.28. The zero-order chi connectivity index (χ0) is 15.4. The van der Waals surface area contributed by atoms with E-state index in [1.54, 1.807) is 17.0 Å². The summed E-state index contributed by atoms with van der Waals surface area (Å²) in [6.45, 7) is 3.47. The summed E-state index contributed by atoms with van der Waals surface area (Å²) in [7, 11) is 0. The molecule has 1 unspecified atom stereocenters. The average Bonchev–Trinajstić information content (AvgIpc) is 2.47. The Labute approximate surface area is 122 Å². The van der Waals surface area contributed by atoms with Gasteiger partial charge in [0, 0.05) is 18.8 Å². The van der Waals surface area contributed by atoms with E-state index in [2.05, 4.69) is 5.32 Å². The summed E-state index contributed by atoms with van der Waals surface area (Å²) in [6, 6.07) is 4.13. The van der Waals surface area contributed by atoms with Crippen LogP contribution in [-0.4, -0.2) is 49.3 Å². The summed E-state index contributed by atoms with van der Waals surface area (Å²) in [5.74, 6) is -1.25. The number of morpholine rings is 1. The van der Waals surface area contributed by atoms with Crippen molar-refractivity contribution in [1.82, 2.24) is 5.32 Å². The lowest BCUT2D eigenvalue weighted by Crippen LogP contribution is -2.54. The van der Waals surface area contributed by atoms with Crippen LogP contribution < -0.4 is 16.0 Å². The lowest BCUT2D eigenvalue weighted by atomic mass is 10.1. The number of nitrogen functional groups attached to an aromatic ring is 1. The van der Waals surface area contributed by atoms with Gasteiger partial charge < -0.3 is 25.8 Å². The second-order valence-electron chi connectivity index (χ2n) is 4.76. The number of likely N-dealkylation sites (N-methyl/N-ethyl adjacent to an activating group) is 1. The highest BCUT2D eigenvalue weighted by Gasteiger charge is 2.31. The molecule has 1 aromatic carbocycles. The van der Waals surface area contributed by atoms with Crippen molar-refractivity contribution < 1.29 is 19.4 Å². The van der Waals surface area contributed by atoms with Crippen LogP contribution in [0.2, 0.25) is 0 Å². The Kier molecular flexibility index (Phi) is 4.64. The topological polar surface area (TPSA) is 105 Å². The summed E-state index contributed by atoms with van der Waals surface area (Å²) in [5, 5.41) is 12.1. The van der Waals surface area contributed by atoms with E-state index in [4.69, 9.17) is 10.5 Å². The molecule has 1 atom stereocenters. The van der Waals surface area contributed by atoms with Crippen LogP contribution in [0.1, 0.15) is 17.3 Å². The highest BCUT2D eigenvalue weighted by atomic mass is 16.5. The maximum absolute atomic E-state index is 12.1. The van der Waals surface area contributed by atoms with Crippen LogP contribution in [0, 0.1) is 0 Å². The Morgan fingerprint density at radius 3 is 2.95 bits per heavy atom. The molecule has 0 bridgehead atoms. The van der Waals surface area contributed by atoms with Gasteiger partial charge in [0.25, 0.3) is 0 Å². The normalized spacial score (nSPS) is 18.3. The van der Waals surface area contributed by atoms with Gasteiger partial charge in [-0.15, -0.1) is 0 Å². The van der Waals surface area contributed by atoms with E-state index in [0.717, 1.165) is 0 Å². The average molecular weight is 293 g/mol. The molecule has 7 nitrogen and oxygen atoms in total. The van der Waals surface area contributed by atoms with Crippen molar-refractivity contribution >= 4 is 23.3 Å². The quantitative estimate of drug-likeness (QED) is 0.690. The van der Waals surface area contributed by atoms with Crippen molar-refractivity contribution in [1.29, 1.82) is 0 Å². The lowest BCUT2D eigenvalue weighted by Gasteiger charge is -2.37. The van der Waals surface area contributed by atoms with Gasteiger partial charge in [0.2, 0.25) is 5.91 Å². The second kappa shape index (κ2) is 6.45. The monoisotopic (exact) mass is 293 g/mol. The number of carboxylic acid groups (broad SMARTS) is 1. The molecule has 0 saturated carbocycles. The van der Waals surface area contributed by atoms with Gasteiger partial charge in [0.1, 0.15) is 6.04 Å². The number of benzene rings is 1. The van der Waals surface area contributed by atoms with E-state index in [1.165, 1.54) is 6.07 Å². The number of aromatic carboxylic acids is 1. The van der Waals surface area contributed by atoms with Crippen LogP contribution in [0.15, 0.2) is 18.2 Å². The van der Waals surface area contributed by atoms with Crippen LogP contribution >= 0.6 is 0 Å². The first-order chi connectivity index (χ1) is 10.0. The molecule has 0 aromatic heterocycles. The number of amides is 1. The number of nitrogens with zero attached hydrogens (tertiary/aromatic N) is 1. The molecule has 1 aromatic rings. The molecular weight excluding hydrogens is 274 g/mol. The van der Waals surface area contributed by atoms with Gasteiger partial charge in [-0.2, -0.15) is 0 Å². The highest BCUT2D eigenvalue weighted by molar-refractivity contribution is 5.97. The zero-order valence-electron chi connectivity index (χ0n) is 11.8. The fraction of sp³-hybridized carbons (Fsp3) is 0.429. The summed E-state index contributed by atoms with van der Waals surface area (Å²) in [6.07, 6.45) is 0. The first kappa shape index (κ1) is 15.1. The summed E-state index contributed by atoms with van der Waals surface area (Å²) < 4.78 is 5.35. The van der Waals surface area contributed by atoms with E-state index in [0.29, 0.717) is 31.1 Å². The van der Waals surface area contributed by atoms with Crippen LogP contribution in [0.4, 0.5) is 11.4 Å². The van der Waals surface area contributed by atoms with Crippen molar-refractivity contribution in [3.05, 3.63) is 23.8 Å². The summed E-state index contributed by atoms with van der Waals surface area (Å²) in [5.41, 5.74) is 6.60. The van der Waals surface area contributed by atoms with Crippen LogP contribution in [0.5, 0.6) is 0 Å². The summed E-state index contributed by atoms with van der Waals surface area (Å²) >= 11 is 0. The van der Waals surface area contributed by atoms with E-state index in [1.807, 2.05) is 6.92 Å². The molecule has 1 aliphatic heterocycles. The lowest BCUT2D eigenvalue weighted by molar-refractivity contribution is -0.124. The summed E-state index contributed by atoms with van der Waals surface area (Å²) in [4.78, 5) is 25.3. The number of nitrogens with one attached hydrogen (secondary N) is 1. The standard InChI is InChI=1S/C14H19N3O4/c1-2-16-13(18)12-8-21-6-5-17(12)11-4-3-9(15)7-10(11)14(19)20/h3-4,7,12H,2,5-6,8,15H2,1H3,(H,16,18)(H,19,20). The third-order valence-electron chi connectivity index (χ3n) is 3.34. The predicted molar refractivity (Wildman–Crippen MR) is 78.5 cm³/mol. The van der Waals surface area contributed by atoms with Gasteiger partial charge in [0.15, 0.2) is 0 Å². The number of anilines is 2. The van der Waals surface area contributed by atoms with E-state index < -0.39 is 12.0 Å². The van der Waals surface area contributed by atoms with Crippen molar-refractivity contribution in [2.45, 2.75) is 13.0 Å². The fourth-order valence-electron chi connectivity index (χ4n) is 2.38. The molecule has 7 heteroatoms. The number of hydrogen-bond donors (Lipinski definition) is 3. The van der Waals surface area contributed by atoms with Gasteiger partial charge in [0.05, 0.1) is 24.5 Å². The zero-order valence-corrected chi connectivity index (χ0v) is 11.8. The smallest absolute Gasteiger partial charge is 0.337 e. The van der Waals surface area contributed by atoms with Crippen molar-refractivity contribution in [3.63, 3.8) is 0 Å². The van der Waals surface area contributed by atoms with E-state index >= 15 is 0 Å². The minimum atomic E-state index is -1.07. The minimum Gasteiger partial charge on any atom is -0.478 e. The predicted octanol–water partition coefficient (Wildman–Crippen LogP) is 0.308. The van der Waals surface area contributed by atoms with E-state index in [9.17, 15) is 14.7 Å². The Morgan fingerprint density at radius 2 is 2.29 bits per heavy atom. The van der Waals surface area contributed by atoms with Gasteiger partial charge >= 0.3 is 5.97 Å². The molecular formula is C14H19N3O4. The molecule has 2 rings (SSSR count). The highest BCUT2D eigenvalue weighted by Crippen LogP contribution is 2.26. The fourth-order valence-corrected chi connectivity index (χ4v) is 2.38. The number of carboxylic acids is 1. The molecule has 0 aliphatic carbocycles. The number of hydrogen-bond acceptors (Lipinski definition) is 5. The first-order valence-electron chi connectivity index (χ1n) is 6.79. The van der Waals surface area contributed by atoms with Crippen LogP contribution in [0.3, 0.4) is 0 Å². The molecule has 1 amide bonds. The van der Waals surface area contributed by atoms with Gasteiger partial charge in [-0.05, 0) is 25.1 Å². The minimum absolute atomic E-state index is 0.0891. The molecule has 114 valence electrons. The number of rotatable bonds is 4. The van der Waals surface area contributed by atoms with E-state index in [-0.39, 0.29) is 18.1 Å². The molecule has 1 fully saturated rings. The number of ether oxygens (including phenoxy) is 1. The van der Waals surface area contributed by atoms with Crippen LogP contribution in [-0.2, 0) is 9.53 Å². The van der Waals surface area contributed by atoms with Crippen molar-refractivity contribution in [2.24, 2.45) is 0 Å².